The van der Waals surface area contributed by atoms with E-state index in [0.29, 0.717) is 0 Å². The summed E-state index contributed by atoms with van der Waals surface area (Å²) >= 11 is 5.90. The highest BCUT2D eigenvalue weighted by Crippen LogP contribution is 2.38. The van der Waals surface area contributed by atoms with Crippen molar-refractivity contribution in [3.05, 3.63) is 17.2 Å². The van der Waals surface area contributed by atoms with Crippen LogP contribution in [-0.4, -0.2) is 48.5 Å². The molecule has 1 fully saturated rings. The van der Waals surface area contributed by atoms with Crippen molar-refractivity contribution in [3.8, 4) is 5.75 Å². The van der Waals surface area contributed by atoms with Crippen molar-refractivity contribution in [3.63, 3.8) is 0 Å². The van der Waals surface area contributed by atoms with Gasteiger partial charge in [0.05, 0.1) is 10.7 Å². The number of anilines is 1. The quantitative estimate of drug-likeness (QED) is 0.615. The summed E-state index contributed by atoms with van der Waals surface area (Å²) in [6.07, 6.45) is -0.577. The average Bonchev–Trinajstić information content (AvgIpc) is 2.29. The molecule has 23 heavy (non-hydrogen) atoms. The number of phenols is 1. The minimum atomic E-state index is -3.91. The Bertz CT molecular complexity index is 736. The summed E-state index contributed by atoms with van der Waals surface area (Å²) in [5, 5.41) is 8.95. The molecule has 1 aromatic rings. The number of likely N-dealkylation sites (tertiary alicyclic amines) is 1. The van der Waals surface area contributed by atoms with E-state index in [-0.39, 0.29) is 23.8 Å². The van der Waals surface area contributed by atoms with Crippen LogP contribution in [0.1, 0.15) is 20.8 Å². The molecule has 0 atom stereocenters. The number of hydrogen-bond donors (Lipinski definition) is 2. The van der Waals surface area contributed by atoms with Crippen LogP contribution in [-0.2, 0) is 14.6 Å². The Balaban J connectivity index is 2.16. The van der Waals surface area contributed by atoms with Crippen molar-refractivity contribution < 1.29 is 23.1 Å². The van der Waals surface area contributed by atoms with Gasteiger partial charge in [-0.05, 0) is 32.9 Å². The third-order valence-corrected chi connectivity index (χ3v) is 5.92. The fourth-order valence-corrected chi connectivity index (χ4v) is 4.40. The van der Waals surface area contributed by atoms with Crippen LogP contribution in [0.15, 0.2) is 17.0 Å². The molecular weight excluding hydrogens is 344 g/mol. The van der Waals surface area contributed by atoms with Crippen molar-refractivity contribution in [1.29, 1.82) is 0 Å². The van der Waals surface area contributed by atoms with Gasteiger partial charge in [0.15, 0.2) is 15.6 Å². The molecule has 1 aliphatic heterocycles. The maximum atomic E-state index is 12.6. The molecule has 128 valence electrons. The molecule has 7 nitrogen and oxygen atoms in total. The predicted molar refractivity (Wildman–Crippen MR) is 86.3 cm³/mol. The van der Waals surface area contributed by atoms with Crippen LogP contribution >= 0.6 is 11.6 Å². The van der Waals surface area contributed by atoms with Gasteiger partial charge in [-0.2, -0.15) is 0 Å². The monoisotopic (exact) mass is 362 g/mol. The molecule has 1 amide bonds. The lowest BCUT2D eigenvalue weighted by atomic mass is 10.2. The number of aromatic hydroxyl groups is 1. The number of rotatable bonds is 2. The molecule has 0 aromatic heterocycles. The molecule has 0 unspecified atom stereocenters. The van der Waals surface area contributed by atoms with Crippen LogP contribution in [0.3, 0.4) is 0 Å². The standard InChI is InChI=1S/C14H19ClN2O5S/c1-14(2,3)22-13(19)17-6-8(7-17)23(20,21)12-9(15)4-5-10(16)11(12)18/h4-5,8,18H,6-7,16H2,1-3H3. The van der Waals surface area contributed by atoms with Gasteiger partial charge < -0.3 is 20.5 Å². The molecule has 0 aliphatic carbocycles. The Kier molecular flexibility index (Phi) is 4.42. The first-order valence-electron chi connectivity index (χ1n) is 6.92. The molecule has 9 heteroatoms. The minimum Gasteiger partial charge on any atom is -0.504 e. The van der Waals surface area contributed by atoms with Crippen LogP contribution in [0.25, 0.3) is 0 Å². The number of nitrogens with zero attached hydrogens (tertiary/aromatic N) is 1. The molecule has 0 spiro atoms. The highest BCUT2D eigenvalue weighted by Gasteiger charge is 2.44. The number of hydrogen-bond acceptors (Lipinski definition) is 6. The number of carbonyl (C=O) groups is 1. The first-order valence-corrected chi connectivity index (χ1v) is 8.84. The van der Waals surface area contributed by atoms with Crippen molar-refractivity contribution >= 4 is 33.2 Å². The summed E-state index contributed by atoms with van der Waals surface area (Å²) in [4.78, 5) is 12.7. The number of ether oxygens (including phenoxy) is 1. The molecule has 1 saturated heterocycles. The zero-order valence-corrected chi connectivity index (χ0v) is 14.6. The molecule has 3 N–H and O–H groups in total. The van der Waals surface area contributed by atoms with Crippen molar-refractivity contribution in [2.75, 3.05) is 18.8 Å². The highest BCUT2D eigenvalue weighted by molar-refractivity contribution is 7.92. The smallest absolute Gasteiger partial charge is 0.410 e. The number of nitrogen functional groups attached to an aromatic ring is 1. The minimum absolute atomic E-state index is 0.0260. The summed E-state index contributed by atoms with van der Waals surface area (Å²) in [5.41, 5.74) is 4.80. The second kappa shape index (κ2) is 5.76. The Morgan fingerprint density at radius 2 is 1.96 bits per heavy atom. The SMILES string of the molecule is CC(C)(C)OC(=O)N1CC(S(=O)(=O)c2c(Cl)ccc(N)c2O)C1. The molecule has 0 saturated carbocycles. The van der Waals surface area contributed by atoms with E-state index >= 15 is 0 Å². The van der Waals surface area contributed by atoms with E-state index in [2.05, 4.69) is 0 Å². The first kappa shape index (κ1) is 17.7. The number of halogens is 1. The lowest BCUT2D eigenvalue weighted by Gasteiger charge is -2.39. The number of carbonyl (C=O) groups excluding carboxylic acids is 1. The van der Waals surface area contributed by atoms with E-state index in [1.807, 2.05) is 0 Å². The Morgan fingerprint density at radius 3 is 2.48 bits per heavy atom. The van der Waals surface area contributed by atoms with E-state index in [9.17, 15) is 18.3 Å². The number of amides is 1. The second-order valence-electron chi connectivity index (χ2n) is 6.37. The summed E-state index contributed by atoms with van der Waals surface area (Å²) in [7, 11) is -3.91. The van der Waals surface area contributed by atoms with Gasteiger partial charge in [0.25, 0.3) is 0 Å². The summed E-state index contributed by atoms with van der Waals surface area (Å²) in [5.74, 6) is -0.562. The van der Waals surface area contributed by atoms with Crippen molar-refractivity contribution in [2.24, 2.45) is 0 Å². The summed E-state index contributed by atoms with van der Waals surface area (Å²) in [6.45, 7) is 5.13. The number of sulfone groups is 1. The van der Waals surface area contributed by atoms with Crippen LogP contribution in [0.4, 0.5) is 10.5 Å². The lowest BCUT2D eigenvalue weighted by molar-refractivity contribution is 0.0139. The normalized spacial score (nSPS) is 16.1. The zero-order chi connectivity index (χ0) is 17.6. The predicted octanol–water partition coefficient (Wildman–Crippen LogP) is 2.02. The second-order valence-corrected chi connectivity index (χ2v) is 8.94. The fraction of sp³-hybridized carbons (Fsp3) is 0.500. The topological polar surface area (TPSA) is 110 Å². The van der Waals surface area contributed by atoms with Gasteiger partial charge in [0.1, 0.15) is 15.7 Å². The van der Waals surface area contributed by atoms with Gasteiger partial charge in [0, 0.05) is 13.1 Å². The Hall–Kier alpha value is -1.67. The Morgan fingerprint density at radius 1 is 1.39 bits per heavy atom. The average molecular weight is 363 g/mol. The Labute approximate surface area is 139 Å². The third kappa shape index (κ3) is 3.48. The van der Waals surface area contributed by atoms with Crippen LogP contribution in [0, 0.1) is 0 Å². The van der Waals surface area contributed by atoms with Gasteiger partial charge in [-0.25, -0.2) is 13.2 Å². The summed E-state index contributed by atoms with van der Waals surface area (Å²) in [6, 6.07) is 2.64. The fourth-order valence-electron chi connectivity index (χ4n) is 2.11. The maximum Gasteiger partial charge on any atom is 0.410 e. The van der Waals surface area contributed by atoms with E-state index < -0.39 is 37.4 Å². The number of phenolic OH excluding ortho intramolecular Hbond substituents is 1. The van der Waals surface area contributed by atoms with Crippen LogP contribution < -0.4 is 5.73 Å². The first-order chi connectivity index (χ1) is 10.4. The van der Waals surface area contributed by atoms with E-state index in [4.69, 9.17) is 22.1 Å². The van der Waals surface area contributed by atoms with Gasteiger partial charge in [-0.15, -0.1) is 0 Å². The van der Waals surface area contributed by atoms with E-state index in [1.54, 1.807) is 20.8 Å². The highest BCUT2D eigenvalue weighted by atomic mass is 35.5. The number of benzene rings is 1. The molecule has 2 rings (SSSR count). The zero-order valence-electron chi connectivity index (χ0n) is 13.0. The maximum absolute atomic E-state index is 12.6. The summed E-state index contributed by atoms with van der Waals surface area (Å²) < 4.78 is 30.3. The third-order valence-electron chi connectivity index (χ3n) is 3.34. The van der Waals surface area contributed by atoms with Crippen LogP contribution in [0.5, 0.6) is 5.75 Å². The van der Waals surface area contributed by atoms with Gasteiger partial charge in [-0.3, -0.25) is 0 Å². The van der Waals surface area contributed by atoms with E-state index in [1.165, 1.54) is 17.0 Å². The molecule has 1 heterocycles. The molecule has 1 aliphatic rings. The van der Waals surface area contributed by atoms with Gasteiger partial charge in [0.2, 0.25) is 0 Å². The molecule has 0 radical (unpaired) electrons. The molecule has 0 bridgehead atoms. The largest absolute Gasteiger partial charge is 0.504 e. The van der Waals surface area contributed by atoms with Crippen molar-refractivity contribution in [2.45, 2.75) is 36.5 Å². The molecule has 1 aromatic carbocycles. The van der Waals surface area contributed by atoms with Crippen molar-refractivity contribution in [1.82, 2.24) is 4.90 Å². The van der Waals surface area contributed by atoms with Gasteiger partial charge >= 0.3 is 6.09 Å². The van der Waals surface area contributed by atoms with Gasteiger partial charge in [-0.1, -0.05) is 11.6 Å². The van der Waals surface area contributed by atoms with Crippen LogP contribution in [0.2, 0.25) is 5.02 Å². The number of nitrogens with two attached hydrogens (primary N) is 1. The lowest BCUT2D eigenvalue weighted by Crippen LogP contribution is -2.57. The van der Waals surface area contributed by atoms with E-state index in [0.717, 1.165) is 0 Å². The molecular formula is C14H19ClN2O5S.